The Morgan fingerprint density at radius 3 is 0.892 bits per heavy atom. The molecule has 0 bridgehead atoms. The molecule has 380 valence electrons. The molecular formula is C59H108O6. The molecule has 0 fully saturated rings. The topological polar surface area (TPSA) is 78.9 Å². The molecule has 65 heavy (non-hydrogen) atoms. The Labute approximate surface area is 404 Å². The average Bonchev–Trinajstić information content (AvgIpc) is 3.30. The van der Waals surface area contributed by atoms with E-state index in [1.807, 2.05) is 0 Å². The van der Waals surface area contributed by atoms with Gasteiger partial charge in [0.05, 0.1) is 0 Å². The summed E-state index contributed by atoms with van der Waals surface area (Å²) in [7, 11) is 0. The van der Waals surface area contributed by atoms with Crippen LogP contribution < -0.4 is 0 Å². The lowest BCUT2D eigenvalue weighted by Crippen LogP contribution is -2.30. The second-order valence-corrected chi connectivity index (χ2v) is 19.2. The molecule has 0 aromatic heterocycles. The zero-order chi connectivity index (χ0) is 47.2. The second kappa shape index (κ2) is 54.2. The maximum atomic E-state index is 12.8. The molecular weight excluding hydrogens is 805 g/mol. The lowest BCUT2D eigenvalue weighted by Gasteiger charge is -2.18. The van der Waals surface area contributed by atoms with Gasteiger partial charge in [-0.2, -0.15) is 0 Å². The van der Waals surface area contributed by atoms with Crippen LogP contribution in [0.15, 0.2) is 36.5 Å². The predicted octanol–water partition coefficient (Wildman–Crippen LogP) is 18.9. The van der Waals surface area contributed by atoms with Gasteiger partial charge >= 0.3 is 17.9 Å². The summed E-state index contributed by atoms with van der Waals surface area (Å²) in [6, 6.07) is 0. The zero-order valence-electron chi connectivity index (χ0n) is 43.5. The van der Waals surface area contributed by atoms with E-state index in [0.29, 0.717) is 19.3 Å². The van der Waals surface area contributed by atoms with E-state index in [9.17, 15) is 14.4 Å². The Balaban J connectivity index is 4.37. The lowest BCUT2D eigenvalue weighted by atomic mass is 10.0. The van der Waals surface area contributed by atoms with Gasteiger partial charge in [0.1, 0.15) is 13.2 Å². The summed E-state index contributed by atoms with van der Waals surface area (Å²) in [6.45, 7) is 6.63. The Bertz CT molecular complexity index is 1090. The van der Waals surface area contributed by atoms with Crippen molar-refractivity contribution in [3.05, 3.63) is 36.5 Å². The molecule has 0 heterocycles. The first-order valence-corrected chi connectivity index (χ1v) is 28.5. The van der Waals surface area contributed by atoms with Crippen LogP contribution >= 0.6 is 0 Å². The molecule has 0 N–H and O–H groups in total. The Hall–Kier alpha value is -2.37. The molecule has 6 nitrogen and oxygen atoms in total. The van der Waals surface area contributed by atoms with Crippen LogP contribution in [0.5, 0.6) is 0 Å². The van der Waals surface area contributed by atoms with E-state index in [0.717, 1.165) is 77.0 Å². The molecule has 0 aromatic carbocycles. The van der Waals surface area contributed by atoms with Crippen LogP contribution in [0.3, 0.4) is 0 Å². The van der Waals surface area contributed by atoms with Crippen molar-refractivity contribution < 1.29 is 28.6 Å². The quantitative estimate of drug-likeness (QED) is 0.0262. The fraction of sp³-hybridized carbons (Fsp3) is 0.847. The third-order valence-electron chi connectivity index (χ3n) is 12.6. The van der Waals surface area contributed by atoms with E-state index in [1.165, 1.54) is 186 Å². The van der Waals surface area contributed by atoms with Crippen LogP contribution in [0, 0.1) is 0 Å². The molecule has 1 atom stereocenters. The number of rotatable bonds is 52. The zero-order valence-corrected chi connectivity index (χ0v) is 43.5. The molecule has 0 aromatic rings. The fourth-order valence-electron chi connectivity index (χ4n) is 8.29. The van der Waals surface area contributed by atoms with Crippen LogP contribution in [0.25, 0.3) is 0 Å². The molecule has 0 amide bonds. The molecule has 0 aliphatic rings. The molecule has 0 rings (SSSR count). The highest BCUT2D eigenvalue weighted by Crippen LogP contribution is 2.16. The Morgan fingerprint density at radius 1 is 0.308 bits per heavy atom. The van der Waals surface area contributed by atoms with Crippen molar-refractivity contribution in [1.82, 2.24) is 0 Å². The van der Waals surface area contributed by atoms with Crippen molar-refractivity contribution in [2.75, 3.05) is 13.2 Å². The Kier molecular flexibility index (Phi) is 52.3. The molecule has 0 saturated carbocycles. The Morgan fingerprint density at radius 2 is 0.554 bits per heavy atom. The van der Waals surface area contributed by atoms with E-state index >= 15 is 0 Å². The highest BCUT2D eigenvalue weighted by atomic mass is 16.6. The maximum Gasteiger partial charge on any atom is 0.306 e. The van der Waals surface area contributed by atoms with Crippen LogP contribution in [-0.4, -0.2) is 37.2 Å². The predicted molar refractivity (Wildman–Crippen MR) is 279 cm³/mol. The van der Waals surface area contributed by atoms with Crippen molar-refractivity contribution in [2.45, 2.75) is 309 Å². The minimum absolute atomic E-state index is 0.0745. The first-order chi connectivity index (χ1) is 32.0. The molecule has 0 aliphatic heterocycles. The van der Waals surface area contributed by atoms with E-state index in [4.69, 9.17) is 14.2 Å². The second-order valence-electron chi connectivity index (χ2n) is 19.2. The van der Waals surface area contributed by atoms with Gasteiger partial charge in [-0.3, -0.25) is 14.4 Å². The SMILES string of the molecule is CCCCC/C=C\C/C=C\CCCCCCCCCC(=O)O[C@H](COC(=O)CCCCCCC/C=C\CCCCCCCC)COC(=O)CCCCCCCCCCCCCCCCC. The standard InChI is InChI=1S/C59H108O6/c1-4-7-10-13-16-19-22-25-28-29-32-35-38-41-44-47-50-53-59(62)65-56(54-63-57(60)51-48-45-42-39-36-33-30-26-23-20-17-14-11-8-5-2)55-64-58(61)52-49-46-43-40-37-34-31-27-24-21-18-15-12-9-6-3/h16,19,25-26,28,30,56H,4-15,17-18,20-24,27,29,31-55H2,1-3H3/b19-16-,28-25-,30-26-/t56-/m1/s1. The average molecular weight is 914 g/mol. The summed E-state index contributed by atoms with van der Waals surface area (Å²) >= 11 is 0. The smallest absolute Gasteiger partial charge is 0.306 e. The summed E-state index contributed by atoms with van der Waals surface area (Å²) in [5.74, 6) is -0.875. The normalized spacial score (nSPS) is 12.2. The number of esters is 3. The van der Waals surface area contributed by atoms with Gasteiger partial charge < -0.3 is 14.2 Å². The first kappa shape index (κ1) is 62.6. The van der Waals surface area contributed by atoms with Crippen LogP contribution in [0.2, 0.25) is 0 Å². The van der Waals surface area contributed by atoms with Crippen LogP contribution in [0.1, 0.15) is 303 Å². The highest BCUT2D eigenvalue weighted by molar-refractivity contribution is 5.71. The number of carbonyl (C=O) groups excluding carboxylic acids is 3. The largest absolute Gasteiger partial charge is 0.462 e. The first-order valence-electron chi connectivity index (χ1n) is 28.5. The number of unbranched alkanes of at least 4 members (excludes halogenated alkanes) is 35. The summed E-state index contributed by atoms with van der Waals surface area (Å²) < 4.78 is 16.9. The third-order valence-corrected chi connectivity index (χ3v) is 12.6. The number of allylic oxidation sites excluding steroid dienone is 6. The van der Waals surface area contributed by atoms with E-state index in [2.05, 4.69) is 57.2 Å². The van der Waals surface area contributed by atoms with Gasteiger partial charge in [0.2, 0.25) is 0 Å². The van der Waals surface area contributed by atoms with Crippen molar-refractivity contribution in [3.8, 4) is 0 Å². The summed E-state index contributed by atoms with van der Waals surface area (Å²) in [5.41, 5.74) is 0. The van der Waals surface area contributed by atoms with Crippen molar-refractivity contribution in [3.63, 3.8) is 0 Å². The van der Waals surface area contributed by atoms with E-state index in [-0.39, 0.29) is 31.1 Å². The van der Waals surface area contributed by atoms with Crippen LogP contribution in [0.4, 0.5) is 0 Å². The molecule has 0 unspecified atom stereocenters. The molecule has 0 saturated heterocycles. The van der Waals surface area contributed by atoms with E-state index < -0.39 is 6.10 Å². The van der Waals surface area contributed by atoms with Gasteiger partial charge in [0.25, 0.3) is 0 Å². The van der Waals surface area contributed by atoms with Gasteiger partial charge in [0.15, 0.2) is 6.10 Å². The van der Waals surface area contributed by atoms with Crippen molar-refractivity contribution >= 4 is 17.9 Å². The van der Waals surface area contributed by atoms with Gasteiger partial charge in [0, 0.05) is 19.3 Å². The molecule has 0 aliphatic carbocycles. The molecule has 0 spiro atoms. The van der Waals surface area contributed by atoms with Gasteiger partial charge in [-0.05, 0) is 77.0 Å². The highest BCUT2D eigenvalue weighted by Gasteiger charge is 2.19. The molecule has 6 heteroatoms. The lowest BCUT2D eigenvalue weighted by molar-refractivity contribution is -0.167. The summed E-state index contributed by atoms with van der Waals surface area (Å²) in [4.78, 5) is 38.1. The monoisotopic (exact) mass is 913 g/mol. The number of ether oxygens (including phenoxy) is 3. The number of carbonyl (C=O) groups is 3. The van der Waals surface area contributed by atoms with Gasteiger partial charge in [-0.15, -0.1) is 0 Å². The minimum atomic E-state index is -0.776. The molecule has 0 radical (unpaired) electrons. The van der Waals surface area contributed by atoms with Gasteiger partial charge in [-0.1, -0.05) is 243 Å². The van der Waals surface area contributed by atoms with Crippen molar-refractivity contribution in [1.29, 1.82) is 0 Å². The summed E-state index contributed by atoms with van der Waals surface area (Å²) in [6.07, 6.45) is 64.1. The number of hydrogen-bond acceptors (Lipinski definition) is 6. The minimum Gasteiger partial charge on any atom is -0.462 e. The van der Waals surface area contributed by atoms with Gasteiger partial charge in [-0.25, -0.2) is 0 Å². The number of hydrogen-bond donors (Lipinski definition) is 0. The van der Waals surface area contributed by atoms with Crippen molar-refractivity contribution in [2.24, 2.45) is 0 Å². The van der Waals surface area contributed by atoms with E-state index in [1.54, 1.807) is 0 Å². The maximum absolute atomic E-state index is 12.8. The third kappa shape index (κ3) is 52.5. The van der Waals surface area contributed by atoms with Crippen LogP contribution in [-0.2, 0) is 28.6 Å². The fourth-order valence-corrected chi connectivity index (χ4v) is 8.29. The summed E-state index contributed by atoms with van der Waals surface area (Å²) in [5, 5.41) is 0.